The average Bonchev–Trinajstić information content (AvgIpc) is 3.17. The third-order valence-corrected chi connectivity index (χ3v) is 5.02. The minimum absolute atomic E-state index is 0.144. The molecule has 0 saturated heterocycles. The third kappa shape index (κ3) is 3.98. The zero-order valence-corrected chi connectivity index (χ0v) is 17.6. The highest BCUT2D eigenvalue weighted by atomic mass is 16.1. The highest BCUT2D eigenvalue weighted by molar-refractivity contribution is 6.05. The SMILES string of the molecule is CN(C)c1ccc(C(=O)Nc2ccc3[nH]c(-c4cccc(N(C)C)c4)nc3c2)cc1. The summed E-state index contributed by atoms with van der Waals surface area (Å²) in [4.78, 5) is 24.7. The van der Waals surface area contributed by atoms with Gasteiger partial charge in [0.15, 0.2) is 0 Å². The predicted octanol–water partition coefficient (Wildman–Crippen LogP) is 4.61. The molecule has 30 heavy (non-hydrogen) atoms. The number of aromatic amines is 1. The van der Waals surface area contributed by atoms with Crippen LogP contribution >= 0.6 is 0 Å². The fourth-order valence-electron chi connectivity index (χ4n) is 3.27. The summed E-state index contributed by atoms with van der Waals surface area (Å²) >= 11 is 0. The van der Waals surface area contributed by atoms with Gasteiger partial charge >= 0.3 is 0 Å². The van der Waals surface area contributed by atoms with Crippen molar-refractivity contribution in [3.8, 4) is 11.4 Å². The molecular formula is C24H25N5O. The maximum Gasteiger partial charge on any atom is 0.255 e. The number of fused-ring (bicyclic) bond motifs is 1. The van der Waals surface area contributed by atoms with Gasteiger partial charge in [-0.25, -0.2) is 4.98 Å². The summed E-state index contributed by atoms with van der Waals surface area (Å²) in [6.07, 6.45) is 0. The summed E-state index contributed by atoms with van der Waals surface area (Å²) in [6.45, 7) is 0. The number of imidazole rings is 1. The Bertz CT molecular complexity index is 1190. The molecule has 0 atom stereocenters. The summed E-state index contributed by atoms with van der Waals surface area (Å²) in [5.41, 5.74) is 6.24. The maximum absolute atomic E-state index is 12.6. The molecule has 6 heteroatoms. The van der Waals surface area contributed by atoms with Gasteiger partial charge in [0.2, 0.25) is 0 Å². The molecule has 152 valence electrons. The number of anilines is 3. The zero-order chi connectivity index (χ0) is 21.3. The van der Waals surface area contributed by atoms with Gasteiger partial charge in [0.25, 0.3) is 5.91 Å². The monoisotopic (exact) mass is 399 g/mol. The Morgan fingerprint density at radius 2 is 1.60 bits per heavy atom. The van der Waals surface area contributed by atoms with Crippen LogP contribution in [-0.2, 0) is 0 Å². The largest absolute Gasteiger partial charge is 0.378 e. The van der Waals surface area contributed by atoms with Crippen LogP contribution < -0.4 is 15.1 Å². The molecule has 1 aromatic heterocycles. The van der Waals surface area contributed by atoms with Crippen molar-refractivity contribution in [2.24, 2.45) is 0 Å². The maximum atomic E-state index is 12.6. The van der Waals surface area contributed by atoms with Crippen LogP contribution in [0.5, 0.6) is 0 Å². The molecule has 1 amide bonds. The summed E-state index contributed by atoms with van der Waals surface area (Å²) in [5, 5.41) is 2.96. The van der Waals surface area contributed by atoms with Crippen molar-refractivity contribution in [2.75, 3.05) is 43.3 Å². The van der Waals surface area contributed by atoms with Crippen molar-refractivity contribution >= 4 is 34.0 Å². The molecule has 0 aliphatic heterocycles. The van der Waals surface area contributed by atoms with Crippen LogP contribution in [-0.4, -0.2) is 44.1 Å². The second-order valence-electron chi connectivity index (χ2n) is 7.66. The van der Waals surface area contributed by atoms with Crippen LogP contribution in [0, 0.1) is 0 Å². The van der Waals surface area contributed by atoms with Crippen molar-refractivity contribution in [3.63, 3.8) is 0 Å². The molecule has 0 saturated carbocycles. The van der Waals surface area contributed by atoms with Gasteiger partial charge in [0.1, 0.15) is 5.82 Å². The fourth-order valence-corrected chi connectivity index (χ4v) is 3.27. The van der Waals surface area contributed by atoms with E-state index >= 15 is 0 Å². The molecule has 1 heterocycles. The van der Waals surface area contributed by atoms with E-state index in [1.165, 1.54) is 0 Å². The fraction of sp³-hybridized carbons (Fsp3) is 0.167. The van der Waals surface area contributed by atoms with Gasteiger partial charge in [0.05, 0.1) is 11.0 Å². The highest BCUT2D eigenvalue weighted by Crippen LogP contribution is 2.26. The molecule has 0 bridgehead atoms. The summed E-state index contributed by atoms with van der Waals surface area (Å²) in [6, 6.07) is 21.4. The first kappa shape index (κ1) is 19.5. The summed E-state index contributed by atoms with van der Waals surface area (Å²) in [7, 11) is 7.97. The lowest BCUT2D eigenvalue weighted by atomic mass is 10.2. The van der Waals surface area contributed by atoms with Crippen molar-refractivity contribution in [2.45, 2.75) is 0 Å². The number of nitrogens with zero attached hydrogens (tertiary/aromatic N) is 3. The summed E-state index contributed by atoms with van der Waals surface area (Å²) in [5.74, 6) is 0.658. The standard InChI is InChI=1S/C24H25N5O/c1-28(2)19-11-8-16(9-12-19)24(30)25-18-10-13-21-22(15-18)27-23(26-21)17-6-5-7-20(14-17)29(3)4/h5-15H,1-4H3,(H,25,30)(H,26,27). The van der Waals surface area contributed by atoms with Crippen LogP contribution in [0.25, 0.3) is 22.4 Å². The van der Waals surface area contributed by atoms with Gasteiger partial charge in [-0.15, -0.1) is 0 Å². The number of benzene rings is 3. The molecule has 0 radical (unpaired) electrons. The molecule has 4 aromatic rings. The van der Waals surface area contributed by atoms with E-state index in [0.717, 1.165) is 33.8 Å². The highest BCUT2D eigenvalue weighted by Gasteiger charge is 2.10. The number of hydrogen-bond acceptors (Lipinski definition) is 4. The lowest BCUT2D eigenvalue weighted by Gasteiger charge is -2.12. The first-order valence-corrected chi connectivity index (χ1v) is 9.77. The van der Waals surface area contributed by atoms with Gasteiger partial charge in [-0.05, 0) is 54.6 Å². The van der Waals surface area contributed by atoms with Crippen LogP contribution in [0.3, 0.4) is 0 Å². The Balaban J connectivity index is 1.56. The molecule has 0 fully saturated rings. The van der Waals surface area contributed by atoms with Crippen molar-refractivity contribution in [3.05, 3.63) is 72.3 Å². The Labute approximate surface area is 176 Å². The lowest BCUT2D eigenvalue weighted by molar-refractivity contribution is 0.102. The minimum atomic E-state index is -0.144. The normalized spacial score (nSPS) is 10.8. The van der Waals surface area contributed by atoms with Crippen LogP contribution in [0.4, 0.5) is 17.1 Å². The van der Waals surface area contributed by atoms with E-state index in [-0.39, 0.29) is 5.91 Å². The van der Waals surface area contributed by atoms with E-state index in [2.05, 4.69) is 27.3 Å². The Kier molecular flexibility index (Phi) is 5.14. The van der Waals surface area contributed by atoms with Gasteiger partial charge in [0, 0.05) is 56.4 Å². The van der Waals surface area contributed by atoms with Gasteiger partial charge in [-0.3, -0.25) is 4.79 Å². The second kappa shape index (κ2) is 7.91. The first-order valence-electron chi connectivity index (χ1n) is 9.77. The predicted molar refractivity (Wildman–Crippen MR) is 125 cm³/mol. The number of amides is 1. The van der Waals surface area contributed by atoms with Crippen molar-refractivity contribution in [1.82, 2.24) is 9.97 Å². The smallest absolute Gasteiger partial charge is 0.255 e. The van der Waals surface area contributed by atoms with Gasteiger partial charge < -0.3 is 20.1 Å². The number of aromatic nitrogens is 2. The molecule has 2 N–H and O–H groups in total. The summed E-state index contributed by atoms with van der Waals surface area (Å²) < 4.78 is 0. The zero-order valence-electron chi connectivity index (χ0n) is 17.6. The minimum Gasteiger partial charge on any atom is -0.378 e. The number of H-pyrrole nitrogens is 1. The average molecular weight is 399 g/mol. The number of nitrogens with one attached hydrogen (secondary N) is 2. The second-order valence-corrected chi connectivity index (χ2v) is 7.66. The topological polar surface area (TPSA) is 64.3 Å². The molecule has 0 spiro atoms. The number of rotatable bonds is 5. The van der Waals surface area contributed by atoms with E-state index in [9.17, 15) is 4.79 Å². The number of carbonyl (C=O) groups excluding carboxylic acids is 1. The first-order chi connectivity index (χ1) is 14.4. The van der Waals surface area contributed by atoms with E-state index in [0.29, 0.717) is 11.3 Å². The number of carbonyl (C=O) groups is 1. The Morgan fingerprint density at radius 1 is 0.867 bits per heavy atom. The van der Waals surface area contributed by atoms with E-state index in [1.54, 1.807) is 0 Å². The van der Waals surface area contributed by atoms with E-state index in [1.807, 2.05) is 87.7 Å². The molecule has 6 nitrogen and oxygen atoms in total. The van der Waals surface area contributed by atoms with Crippen LogP contribution in [0.1, 0.15) is 10.4 Å². The Morgan fingerprint density at radius 3 is 2.30 bits per heavy atom. The van der Waals surface area contributed by atoms with E-state index < -0.39 is 0 Å². The van der Waals surface area contributed by atoms with Crippen LogP contribution in [0.15, 0.2) is 66.7 Å². The van der Waals surface area contributed by atoms with E-state index in [4.69, 9.17) is 4.98 Å². The molecule has 3 aromatic carbocycles. The van der Waals surface area contributed by atoms with Crippen LogP contribution in [0.2, 0.25) is 0 Å². The molecule has 4 rings (SSSR count). The molecule has 0 unspecified atom stereocenters. The molecule has 0 aliphatic rings. The quantitative estimate of drug-likeness (QED) is 0.514. The Hall–Kier alpha value is -3.80. The van der Waals surface area contributed by atoms with Crippen molar-refractivity contribution < 1.29 is 4.79 Å². The molecule has 0 aliphatic carbocycles. The van der Waals surface area contributed by atoms with Gasteiger partial charge in [-0.2, -0.15) is 0 Å². The third-order valence-electron chi connectivity index (χ3n) is 5.02. The lowest BCUT2D eigenvalue weighted by Crippen LogP contribution is -2.13. The molecular weight excluding hydrogens is 374 g/mol. The number of hydrogen-bond donors (Lipinski definition) is 2. The van der Waals surface area contributed by atoms with Gasteiger partial charge in [-0.1, -0.05) is 12.1 Å². The van der Waals surface area contributed by atoms with Crippen molar-refractivity contribution in [1.29, 1.82) is 0 Å².